The summed E-state index contributed by atoms with van der Waals surface area (Å²) in [6.07, 6.45) is 4.63. The van der Waals surface area contributed by atoms with Crippen molar-refractivity contribution in [3.05, 3.63) is 71.8 Å². The second-order valence-electron chi connectivity index (χ2n) is 4.52. The summed E-state index contributed by atoms with van der Waals surface area (Å²) in [5.41, 5.74) is 2.77. The summed E-state index contributed by atoms with van der Waals surface area (Å²) in [6.45, 7) is 0. The third-order valence-electron chi connectivity index (χ3n) is 3.02. The van der Waals surface area contributed by atoms with E-state index in [4.69, 9.17) is 0 Å². The molecule has 0 spiro atoms. The van der Waals surface area contributed by atoms with E-state index in [2.05, 4.69) is 89.1 Å². The maximum atomic E-state index is 3.90. The average molecular weight is 322 g/mol. The van der Waals surface area contributed by atoms with Crippen molar-refractivity contribution < 1.29 is 0 Å². The van der Waals surface area contributed by atoms with Gasteiger partial charge in [-0.15, -0.1) is 0 Å². The summed E-state index contributed by atoms with van der Waals surface area (Å²) in [5, 5.41) is 0.522. The second-order valence-corrected chi connectivity index (χ2v) is 7.78. The highest BCUT2D eigenvalue weighted by Gasteiger charge is 2.32. The molecule has 0 aromatic heterocycles. The van der Waals surface area contributed by atoms with Gasteiger partial charge in [0.2, 0.25) is 0 Å². The number of halogens is 1. The van der Waals surface area contributed by atoms with E-state index in [0.29, 0.717) is 21.0 Å². The van der Waals surface area contributed by atoms with Crippen LogP contribution in [0, 0.1) is 0 Å². The minimum atomic E-state index is 0.318. The van der Waals surface area contributed by atoms with Crippen LogP contribution in [0.5, 0.6) is 0 Å². The molecule has 0 fully saturated rings. The minimum Gasteiger partial charge on any atom is -0.0780 e. The largest absolute Gasteiger partial charge is 0.159 e. The average Bonchev–Trinajstić information content (AvgIpc) is 2.40. The number of rotatable bonds is 4. The van der Waals surface area contributed by atoms with Crippen molar-refractivity contribution in [2.75, 3.05) is 12.5 Å². The minimum absolute atomic E-state index is 0.318. The van der Waals surface area contributed by atoms with Gasteiger partial charge in [0.1, 0.15) is 0 Å². The Balaban J connectivity index is 2.32. The van der Waals surface area contributed by atoms with E-state index < -0.39 is 0 Å². The van der Waals surface area contributed by atoms with Gasteiger partial charge >= 0.3 is 0 Å². The van der Waals surface area contributed by atoms with E-state index in [-0.39, 0.29) is 0 Å². The topological polar surface area (TPSA) is 0 Å². The Kier molecular flexibility index (Phi) is 4.90. The van der Waals surface area contributed by atoms with Gasteiger partial charge < -0.3 is 0 Å². The van der Waals surface area contributed by atoms with E-state index in [1.807, 2.05) is 0 Å². The molecule has 0 aliphatic heterocycles. The first-order valence-corrected chi connectivity index (χ1v) is 9.02. The van der Waals surface area contributed by atoms with E-state index in [1.54, 1.807) is 0 Å². The van der Waals surface area contributed by atoms with Crippen LogP contribution < -0.4 is 0 Å². The smallest absolute Gasteiger partial charge is 0.0780 e. The highest BCUT2D eigenvalue weighted by molar-refractivity contribution is 9.09. The normalized spacial score (nSPS) is 14.4. The van der Waals surface area contributed by atoms with Crippen LogP contribution in [-0.2, 0) is 10.9 Å². The van der Waals surface area contributed by atoms with Crippen molar-refractivity contribution in [2.24, 2.45) is 0 Å². The zero-order valence-corrected chi connectivity index (χ0v) is 13.1. The van der Waals surface area contributed by atoms with Crippen molar-refractivity contribution in [1.82, 2.24) is 0 Å². The first-order valence-electron chi connectivity index (χ1n) is 6.00. The number of alkyl halides is 1. The molecule has 2 aromatic rings. The molecule has 0 heterocycles. The van der Waals surface area contributed by atoms with E-state index in [1.165, 1.54) is 11.1 Å². The maximum absolute atomic E-state index is 3.90. The second kappa shape index (κ2) is 6.44. The Morgan fingerprint density at radius 3 is 1.67 bits per heavy atom. The van der Waals surface area contributed by atoms with Crippen LogP contribution in [0.25, 0.3) is 0 Å². The molecule has 0 saturated carbocycles. The van der Waals surface area contributed by atoms with E-state index in [0.717, 1.165) is 0 Å². The Bertz CT molecular complexity index is 467. The third kappa shape index (κ3) is 3.18. The molecule has 94 valence electrons. The lowest BCUT2D eigenvalue weighted by Gasteiger charge is -2.20. The zero-order chi connectivity index (χ0) is 13.0. The SMILES string of the molecule is C[S+](C)C(c1ccccc1)C(Br)c1ccccc1. The molecule has 2 atom stereocenters. The molecule has 0 aliphatic rings. The quantitative estimate of drug-likeness (QED) is 0.563. The summed E-state index contributed by atoms with van der Waals surface area (Å²) in [7, 11) is 0.318. The van der Waals surface area contributed by atoms with Crippen LogP contribution in [-0.4, -0.2) is 12.5 Å². The molecular weight excluding hydrogens is 304 g/mol. The van der Waals surface area contributed by atoms with Gasteiger partial charge in [0, 0.05) is 5.56 Å². The van der Waals surface area contributed by atoms with Crippen molar-refractivity contribution in [2.45, 2.75) is 10.1 Å². The molecule has 18 heavy (non-hydrogen) atoms. The summed E-state index contributed by atoms with van der Waals surface area (Å²) < 4.78 is 0. The van der Waals surface area contributed by atoms with E-state index in [9.17, 15) is 0 Å². The fraction of sp³-hybridized carbons (Fsp3) is 0.250. The molecule has 0 N–H and O–H groups in total. The van der Waals surface area contributed by atoms with Gasteiger partial charge in [0.05, 0.1) is 17.3 Å². The standard InChI is InChI=1S/C16H18BrS/c1-18(2)16(14-11-7-4-8-12-14)15(17)13-9-5-3-6-10-13/h3-12,15-16H,1-2H3/q+1. The van der Waals surface area contributed by atoms with Gasteiger partial charge in [-0.3, -0.25) is 0 Å². The number of benzene rings is 2. The Morgan fingerprint density at radius 1 is 0.778 bits per heavy atom. The molecule has 0 aliphatic carbocycles. The van der Waals surface area contributed by atoms with Crippen LogP contribution in [0.4, 0.5) is 0 Å². The molecule has 2 unspecified atom stereocenters. The van der Waals surface area contributed by atoms with Crippen LogP contribution in [0.1, 0.15) is 21.2 Å². The van der Waals surface area contributed by atoms with Gasteiger partial charge in [-0.1, -0.05) is 76.6 Å². The van der Waals surface area contributed by atoms with Crippen molar-refractivity contribution in [3.63, 3.8) is 0 Å². The monoisotopic (exact) mass is 321 g/mol. The van der Waals surface area contributed by atoms with Crippen LogP contribution in [0.3, 0.4) is 0 Å². The third-order valence-corrected chi connectivity index (χ3v) is 5.99. The molecule has 2 rings (SSSR count). The summed E-state index contributed by atoms with van der Waals surface area (Å²) in [5.74, 6) is 0. The summed E-state index contributed by atoms with van der Waals surface area (Å²) in [4.78, 5) is 0.374. The van der Waals surface area contributed by atoms with Gasteiger partial charge in [0.25, 0.3) is 0 Å². The molecular formula is C16H18BrS+. The first kappa shape index (κ1) is 13.7. The Hall–Kier alpha value is -0.730. The van der Waals surface area contributed by atoms with Crippen molar-refractivity contribution >= 4 is 26.8 Å². The van der Waals surface area contributed by atoms with Crippen molar-refractivity contribution in [3.8, 4) is 0 Å². The highest BCUT2D eigenvalue weighted by atomic mass is 79.9. The van der Waals surface area contributed by atoms with Crippen LogP contribution in [0.2, 0.25) is 0 Å². The first-order chi connectivity index (χ1) is 8.70. The van der Waals surface area contributed by atoms with Crippen LogP contribution >= 0.6 is 15.9 Å². The molecule has 0 amide bonds. The Morgan fingerprint density at radius 2 is 1.22 bits per heavy atom. The molecule has 0 radical (unpaired) electrons. The predicted octanol–water partition coefficient (Wildman–Crippen LogP) is 4.74. The van der Waals surface area contributed by atoms with Gasteiger partial charge in [-0.2, -0.15) is 0 Å². The van der Waals surface area contributed by atoms with E-state index >= 15 is 0 Å². The molecule has 0 bridgehead atoms. The highest BCUT2D eigenvalue weighted by Crippen LogP contribution is 2.41. The Labute approximate surface area is 121 Å². The zero-order valence-electron chi connectivity index (χ0n) is 10.7. The lowest BCUT2D eigenvalue weighted by atomic mass is 10.0. The van der Waals surface area contributed by atoms with Gasteiger partial charge in [-0.05, 0) is 16.5 Å². The summed E-state index contributed by atoms with van der Waals surface area (Å²) in [6, 6.07) is 21.5. The van der Waals surface area contributed by atoms with Gasteiger partial charge in [0.15, 0.2) is 5.25 Å². The maximum Gasteiger partial charge on any atom is 0.159 e. The summed E-state index contributed by atoms with van der Waals surface area (Å²) >= 11 is 3.90. The van der Waals surface area contributed by atoms with Crippen molar-refractivity contribution in [1.29, 1.82) is 0 Å². The van der Waals surface area contributed by atoms with Gasteiger partial charge in [-0.25, -0.2) is 0 Å². The molecule has 2 heteroatoms. The number of hydrogen-bond acceptors (Lipinski definition) is 0. The predicted molar refractivity (Wildman–Crippen MR) is 86.5 cm³/mol. The number of hydrogen-bond donors (Lipinski definition) is 0. The fourth-order valence-electron chi connectivity index (χ4n) is 2.13. The molecule has 0 nitrogen and oxygen atoms in total. The lowest BCUT2D eigenvalue weighted by Crippen LogP contribution is -2.15. The molecule has 2 aromatic carbocycles. The van der Waals surface area contributed by atoms with Crippen LogP contribution in [0.15, 0.2) is 60.7 Å². The fourth-order valence-corrected chi connectivity index (χ4v) is 5.38. The lowest BCUT2D eigenvalue weighted by molar-refractivity contribution is 0.915. The molecule has 0 saturated heterocycles.